The summed E-state index contributed by atoms with van der Waals surface area (Å²) in [6.45, 7) is -0.0146. The molecule has 0 fully saturated rings. The average molecular weight is 307 g/mol. The summed E-state index contributed by atoms with van der Waals surface area (Å²) in [4.78, 5) is 9.81. The average Bonchev–Trinajstić information content (AvgIpc) is 2.46. The second kappa shape index (κ2) is 6.20. The summed E-state index contributed by atoms with van der Waals surface area (Å²) in [5, 5.41) is 19.6. The summed E-state index contributed by atoms with van der Waals surface area (Å²) < 4.78 is 18.9. The van der Waals surface area contributed by atoms with Crippen molar-refractivity contribution in [3.63, 3.8) is 0 Å². The molecule has 7 heteroatoms. The third-order valence-electron chi connectivity index (χ3n) is 2.69. The van der Waals surface area contributed by atoms with Crippen molar-refractivity contribution in [2.75, 3.05) is 0 Å². The summed E-state index contributed by atoms with van der Waals surface area (Å²) in [5.41, 5.74) is 0.634. The van der Waals surface area contributed by atoms with Gasteiger partial charge in [0.2, 0.25) is 0 Å². The van der Waals surface area contributed by atoms with Crippen LogP contribution in [0.4, 0.5) is 10.1 Å². The van der Waals surface area contributed by atoms with Crippen LogP contribution in [0.5, 0.6) is 5.75 Å². The van der Waals surface area contributed by atoms with Crippen LogP contribution in [-0.2, 0) is 6.61 Å². The van der Waals surface area contributed by atoms with E-state index >= 15 is 0 Å². The Labute approximate surface area is 124 Å². The lowest BCUT2D eigenvalue weighted by Gasteiger charge is -2.08. The van der Waals surface area contributed by atoms with Crippen molar-refractivity contribution < 1.29 is 14.1 Å². The molecule has 0 atom stereocenters. The van der Waals surface area contributed by atoms with Crippen molar-refractivity contribution in [2.45, 2.75) is 6.61 Å². The number of hydrogen-bond donors (Lipinski definition) is 0. The molecule has 2 aromatic rings. The molecule has 0 aromatic heterocycles. The molecular formula is C14H8ClFN2O3. The van der Waals surface area contributed by atoms with Crippen LogP contribution < -0.4 is 4.74 Å². The zero-order valence-corrected chi connectivity index (χ0v) is 11.3. The maximum absolute atomic E-state index is 13.6. The highest BCUT2D eigenvalue weighted by atomic mass is 35.5. The lowest BCUT2D eigenvalue weighted by molar-refractivity contribution is -0.385. The number of nitro groups is 1. The predicted octanol–water partition coefficient (Wildman–Crippen LogP) is 3.84. The van der Waals surface area contributed by atoms with E-state index in [9.17, 15) is 14.5 Å². The number of nitriles is 1. The van der Waals surface area contributed by atoms with Crippen molar-refractivity contribution >= 4 is 17.3 Å². The molecule has 0 spiro atoms. The number of ether oxygens (including phenoxy) is 1. The summed E-state index contributed by atoms with van der Waals surface area (Å²) in [6, 6.07) is 9.72. The van der Waals surface area contributed by atoms with Gasteiger partial charge in [0.1, 0.15) is 6.61 Å². The number of rotatable bonds is 4. The van der Waals surface area contributed by atoms with Crippen LogP contribution in [0.15, 0.2) is 36.4 Å². The number of benzene rings is 2. The van der Waals surface area contributed by atoms with Gasteiger partial charge in [0.25, 0.3) is 5.69 Å². The molecule has 0 amide bonds. The van der Waals surface area contributed by atoms with E-state index in [0.29, 0.717) is 16.1 Å². The fourth-order valence-corrected chi connectivity index (χ4v) is 1.84. The minimum Gasteiger partial charge on any atom is -0.486 e. The van der Waals surface area contributed by atoms with Crippen molar-refractivity contribution in [1.82, 2.24) is 0 Å². The summed E-state index contributed by atoms with van der Waals surface area (Å²) in [6.07, 6.45) is 0. The quantitative estimate of drug-likeness (QED) is 0.635. The van der Waals surface area contributed by atoms with E-state index in [1.165, 1.54) is 12.1 Å². The first kappa shape index (κ1) is 14.8. The molecular weight excluding hydrogens is 299 g/mol. The Bertz CT molecular complexity index is 743. The lowest BCUT2D eigenvalue weighted by atomic mass is 10.1. The van der Waals surface area contributed by atoms with E-state index < -0.39 is 10.7 Å². The van der Waals surface area contributed by atoms with Gasteiger partial charge in [-0.3, -0.25) is 10.1 Å². The number of nitro benzene ring substituents is 1. The minimum absolute atomic E-state index is 0.0146. The summed E-state index contributed by atoms with van der Waals surface area (Å²) in [7, 11) is 0. The Hall–Kier alpha value is -2.65. The minimum atomic E-state index is -0.825. The Morgan fingerprint density at radius 3 is 2.67 bits per heavy atom. The van der Waals surface area contributed by atoms with Gasteiger partial charge >= 0.3 is 0 Å². The summed E-state index contributed by atoms with van der Waals surface area (Å²) in [5.74, 6) is -0.935. The van der Waals surface area contributed by atoms with Crippen LogP contribution in [0.3, 0.4) is 0 Å². The molecule has 0 heterocycles. The number of halogens is 2. The molecule has 2 aromatic carbocycles. The second-order valence-corrected chi connectivity index (χ2v) is 4.49. The zero-order valence-electron chi connectivity index (χ0n) is 10.5. The number of hydrogen-bond acceptors (Lipinski definition) is 4. The van der Waals surface area contributed by atoms with Crippen LogP contribution in [0.1, 0.15) is 11.1 Å². The molecule has 0 aliphatic rings. The van der Waals surface area contributed by atoms with Crippen molar-refractivity contribution in [2.24, 2.45) is 0 Å². The molecule has 0 saturated carbocycles. The van der Waals surface area contributed by atoms with Crippen molar-refractivity contribution in [3.8, 4) is 11.8 Å². The first-order valence-electron chi connectivity index (χ1n) is 5.76. The van der Waals surface area contributed by atoms with E-state index in [-0.39, 0.29) is 18.0 Å². The predicted molar refractivity (Wildman–Crippen MR) is 73.6 cm³/mol. The van der Waals surface area contributed by atoms with Crippen LogP contribution in [0.2, 0.25) is 5.02 Å². The highest BCUT2D eigenvalue weighted by molar-refractivity contribution is 6.31. The van der Waals surface area contributed by atoms with Crippen LogP contribution in [-0.4, -0.2) is 4.92 Å². The van der Waals surface area contributed by atoms with Gasteiger partial charge in [-0.15, -0.1) is 0 Å². The standard InChI is InChI=1S/C14H8ClFN2O3/c15-12-5-9(7-17)1-2-10(12)8-21-14-4-3-11(18(19)20)6-13(14)16/h1-6H,8H2. The van der Waals surface area contributed by atoms with Crippen LogP contribution in [0, 0.1) is 27.3 Å². The van der Waals surface area contributed by atoms with Gasteiger partial charge in [-0.2, -0.15) is 5.26 Å². The van der Waals surface area contributed by atoms with E-state index in [0.717, 1.165) is 12.1 Å². The first-order chi connectivity index (χ1) is 10.0. The van der Waals surface area contributed by atoms with E-state index in [4.69, 9.17) is 21.6 Å². The maximum atomic E-state index is 13.6. The smallest absolute Gasteiger partial charge is 0.272 e. The van der Waals surface area contributed by atoms with Gasteiger partial charge in [-0.1, -0.05) is 17.7 Å². The lowest BCUT2D eigenvalue weighted by Crippen LogP contribution is -1.99. The molecule has 0 aliphatic heterocycles. The van der Waals surface area contributed by atoms with E-state index in [1.54, 1.807) is 12.1 Å². The van der Waals surface area contributed by atoms with Gasteiger partial charge in [0.15, 0.2) is 11.6 Å². The third-order valence-corrected chi connectivity index (χ3v) is 3.04. The number of nitrogens with zero attached hydrogens (tertiary/aromatic N) is 2. The second-order valence-electron chi connectivity index (χ2n) is 4.08. The van der Waals surface area contributed by atoms with Gasteiger partial charge in [-0.05, 0) is 18.2 Å². The zero-order chi connectivity index (χ0) is 15.4. The molecule has 0 radical (unpaired) electrons. The molecule has 2 rings (SSSR count). The van der Waals surface area contributed by atoms with Crippen molar-refractivity contribution in [1.29, 1.82) is 5.26 Å². The normalized spacial score (nSPS) is 9.95. The molecule has 0 unspecified atom stereocenters. The van der Waals surface area contributed by atoms with Gasteiger partial charge in [0, 0.05) is 16.7 Å². The topological polar surface area (TPSA) is 76.2 Å². The monoisotopic (exact) mass is 306 g/mol. The highest BCUT2D eigenvalue weighted by Crippen LogP contribution is 2.25. The Kier molecular flexibility index (Phi) is 4.36. The number of non-ortho nitro benzene ring substituents is 1. The molecule has 21 heavy (non-hydrogen) atoms. The Morgan fingerprint density at radius 2 is 2.10 bits per heavy atom. The maximum Gasteiger partial charge on any atom is 0.272 e. The molecule has 0 N–H and O–H groups in total. The largest absolute Gasteiger partial charge is 0.486 e. The molecule has 0 aliphatic carbocycles. The fraction of sp³-hybridized carbons (Fsp3) is 0.0714. The molecule has 5 nitrogen and oxygen atoms in total. The van der Waals surface area contributed by atoms with Crippen LogP contribution in [0.25, 0.3) is 0 Å². The molecule has 0 bridgehead atoms. The Morgan fingerprint density at radius 1 is 1.33 bits per heavy atom. The van der Waals surface area contributed by atoms with Gasteiger partial charge in [-0.25, -0.2) is 4.39 Å². The Balaban J connectivity index is 2.13. The van der Waals surface area contributed by atoms with E-state index in [2.05, 4.69) is 0 Å². The van der Waals surface area contributed by atoms with Gasteiger partial charge < -0.3 is 4.74 Å². The first-order valence-corrected chi connectivity index (χ1v) is 6.14. The third kappa shape index (κ3) is 3.46. The van der Waals surface area contributed by atoms with Gasteiger partial charge in [0.05, 0.1) is 22.6 Å². The molecule has 0 saturated heterocycles. The highest BCUT2D eigenvalue weighted by Gasteiger charge is 2.12. The summed E-state index contributed by atoms with van der Waals surface area (Å²) >= 11 is 5.97. The van der Waals surface area contributed by atoms with Crippen molar-refractivity contribution in [3.05, 3.63) is 68.5 Å². The SMILES string of the molecule is N#Cc1ccc(COc2ccc([N+](=O)[O-])cc2F)c(Cl)c1. The fourth-order valence-electron chi connectivity index (χ4n) is 1.61. The van der Waals surface area contributed by atoms with E-state index in [1.807, 2.05) is 6.07 Å². The molecule has 106 valence electrons. The van der Waals surface area contributed by atoms with Crippen LogP contribution >= 0.6 is 11.6 Å².